The van der Waals surface area contributed by atoms with Gasteiger partial charge < -0.3 is 31.3 Å². The van der Waals surface area contributed by atoms with Crippen molar-refractivity contribution in [3.63, 3.8) is 0 Å². The maximum atomic E-state index is 12.5. The summed E-state index contributed by atoms with van der Waals surface area (Å²) >= 11 is 0. The second kappa shape index (κ2) is 30.8. The van der Waals surface area contributed by atoms with Gasteiger partial charge in [-0.05, 0) is 128 Å². The summed E-state index contributed by atoms with van der Waals surface area (Å²) in [6, 6.07) is 5.36. The monoisotopic (exact) mass is 874 g/mol. The van der Waals surface area contributed by atoms with Crippen LogP contribution in [0.4, 0.5) is 0 Å². The average molecular weight is 875 g/mol. The van der Waals surface area contributed by atoms with Crippen LogP contribution in [0.25, 0.3) is 0 Å². The second-order valence-electron chi connectivity index (χ2n) is 18.0. The fourth-order valence-corrected chi connectivity index (χ4v) is 39.9. The molecule has 0 saturated carbocycles. The van der Waals surface area contributed by atoms with E-state index in [-0.39, 0.29) is 27.4 Å². The summed E-state index contributed by atoms with van der Waals surface area (Å²) in [7, 11) is -12.1. The predicted octanol–water partition coefficient (Wildman–Crippen LogP) is 11.6. The number of hydrogen-bond acceptors (Lipinski definition) is 7. The highest BCUT2D eigenvalue weighted by Gasteiger charge is 2.44. The third kappa shape index (κ3) is 35.6. The first-order valence-corrected chi connectivity index (χ1v) is 41.3. The summed E-state index contributed by atoms with van der Waals surface area (Å²) in [5.41, 5.74) is 0. The third-order valence-corrected chi connectivity index (χ3v) is 34.0. The molecular weight excluding hydrogens is 779 g/mol. The molecule has 0 fully saturated rings. The van der Waals surface area contributed by atoms with Crippen molar-refractivity contribution in [2.24, 2.45) is 0 Å². The average Bonchev–Trinajstić information content (AvgIpc) is 2.98. The zero-order chi connectivity index (χ0) is 39.0. The van der Waals surface area contributed by atoms with Crippen LogP contribution in [0.5, 0.6) is 0 Å². The molecule has 1 N–H and O–H groups in total. The van der Waals surface area contributed by atoms with Crippen molar-refractivity contribution in [2.45, 2.75) is 208 Å². The Hall–Kier alpha value is 0.748. The summed E-state index contributed by atoms with van der Waals surface area (Å²) < 4.78 is 38.8. The van der Waals surface area contributed by atoms with Crippen LogP contribution < -0.4 is 5.32 Å². The van der Waals surface area contributed by atoms with Crippen molar-refractivity contribution >= 4 is 65.8 Å². The molecule has 15 heteroatoms. The minimum absolute atomic E-state index is 0. The van der Waals surface area contributed by atoms with Crippen LogP contribution in [-0.2, 0) is 30.7 Å². The van der Waals surface area contributed by atoms with E-state index in [0.717, 1.165) is 49.7 Å². The van der Waals surface area contributed by atoms with Crippen molar-refractivity contribution in [1.82, 2.24) is 5.32 Å². The van der Waals surface area contributed by atoms with E-state index in [9.17, 15) is 4.79 Å². The van der Waals surface area contributed by atoms with E-state index in [1.165, 1.54) is 57.8 Å². The Balaban J connectivity index is -0.0000125. The smallest absolute Gasteiger partial charge is 0.314 e. The van der Waals surface area contributed by atoms with Gasteiger partial charge in [-0.1, -0.05) is 79.6 Å². The normalized spacial score (nSPS) is 13.0. The van der Waals surface area contributed by atoms with Crippen molar-refractivity contribution in [2.75, 3.05) is 33.0 Å². The van der Waals surface area contributed by atoms with Crippen LogP contribution in [-0.4, -0.2) is 98.8 Å². The predicted molar refractivity (Wildman–Crippen MR) is 252 cm³/mol. The molecule has 0 rings (SSSR count). The molecule has 0 atom stereocenters. The number of carbonyl (C=O) groups excluding carboxylic acids is 1. The number of hydrogen-bond donors (Lipinski definition) is 1. The van der Waals surface area contributed by atoms with Crippen LogP contribution in [0.1, 0.15) is 92.4 Å². The van der Waals surface area contributed by atoms with E-state index in [1.54, 1.807) is 0 Å². The van der Waals surface area contributed by atoms with Gasteiger partial charge in [-0.2, -0.15) is 0 Å². The molecule has 0 spiro atoms. The van der Waals surface area contributed by atoms with Gasteiger partial charge in [-0.15, -0.1) is 0 Å². The summed E-state index contributed by atoms with van der Waals surface area (Å²) in [5.74, 6) is -0.0684. The highest BCUT2D eigenvalue weighted by Crippen LogP contribution is 2.32. The van der Waals surface area contributed by atoms with Gasteiger partial charge in [0.15, 0.2) is 51.4 Å². The molecule has 0 saturated heterocycles. The van der Waals surface area contributed by atoms with Gasteiger partial charge in [-0.25, -0.2) is 0 Å². The molecule has 0 aromatic carbocycles. The molecule has 0 unspecified atom stereocenters. The first-order chi connectivity index (χ1) is 23.6. The van der Waals surface area contributed by atoms with E-state index >= 15 is 0 Å². The highest BCUT2D eigenvalue weighted by atomic mass is 28.5. The highest BCUT2D eigenvalue weighted by molar-refractivity contribution is 6.89. The van der Waals surface area contributed by atoms with Crippen molar-refractivity contribution < 1.29 is 30.7 Å². The van der Waals surface area contributed by atoms with E-state index in [2.05, 4.69) is 97.4 Å². The Morgan fingerprint density at radius 3 is 1.34 bits per heavy atom. The zero-order valence-electron chi connectivity index (χ0n) is 36.4. The quantitative estimate of drug-likeness (QED) is 0.0509. The number of rotatable bonds is 34. The lowest BCUT2D eigenvalue weighted by atomic mass is 10.1. The largest absolute Gasteiger partial charge is 0.458 e. The zero-order valence-corrected chi connectivity index (χ0v) is 43.7. The van der Waals surface area contributed by atoms with Crippen LogP contribution in [0, 0.1) is 0 Å². The molecule has 53 heavy (non-hydrogen) atoms. The first kappa shape index (κ1) is 58.1. The second-order valence-corrected chi connectivity index (χ2v) is 44.6. The molecule has 0 aliphatic rings. The van der Waals surface area contributed by atoms with Gasteiger partial charge in [0.25, 0.3) is 0 Å². The van der Waals surface area contributed by atoms with Crippen LogP contribution in [0.2, 0.25) is 115 Å². The van der Waals surface area contributed by atoms with Crippen molar-refractivity contribution in [3.8, 4) is 0 Å². The SMILES string of the molecule is C.C.CCCCCCCCCCCCOCCOCC(=O)NCCC[Si](C)(O[Si](C)(C)CC[Si](C)(C)O[SiH](C)C)O[Si](C)(C)CC[Si](C)(C)O[SiH](C)C. The van der Waals surface area contributed by atoms with Gasteiger partial charge in [0, 0.05) is 13.2 Å². The standard InChI is InChI=1S/C36H87NO7Si7.2CH4/c1-15-16-17-18-19-20-21-22-23-24-27-39-28-29-40-35-36(38)37-26-25-30-51(14,43-49(10,11)33-31-47(6,7)41-45(2)3)44-50(12,13)34-32-48(8,9)42-46(4)5;;/h45-46H,15-35H2,1-14H3,(H,37,38);2*1H4. The van der Waals surface area contributed by atoms with Crippen LogP contribution >= 0.6 is 0 Å². The molecule has 8 nitrogen and oxygen atoms in total. The number of ether oxygens (including phenoxy) is 2. The molecule has 0 bridgehead atoms. The van der Waals surface area contributed by atoms with Gasteiger partial charge in [0.05, 0.1) is 13.2 Å². The molecule has 0 aromatic heterocycles. The summed E-state index contributed by atoms with van der Waals surface area (Å²) in [6.45, 7) is 35.0. The molecule has 0 heterocycles. The molecule has 0 radical (unpaired) electrons. The van der Waals surface area contributed by atoms with Crippen molar-refractivity contribution in [1.29, 1.82) is 0 Å². The lowest BCUT2D eigenvalue weighted by Crippen LogP contribution is -2.55. The minimum Gasteiger partial charge on any atom is -0.458 e. The fraction of sp³-hybridized carbons (Fsp3) is 0.974. The number of nitrogens with one attached hydrogen (secondary N) is 1. The van der Waals surface area contributed by atoms with E-state index < -0.39 is 59.9 Å². The Morgan fingerprint density at radius 1 is 0.509 bits per heavy atom. The number of unbranched alkanes of at least 4 members (excludes halogenated alkanes) is 9. The van der Waals surface area contributed by atoms with Crippen LogP contribution in [0.3, 0.4) is 0 Å². The van der Waals surface area contributed by atoms with Gasteiger partial charge in [0.2, 0.25) is 5.91 Å². The molecule has 0 aliphatic carbocycles. The Morgan fingerprint density at radius 2 is 0.906 bits per heavy atom. The Labute approximate surface area is 340 Å². The molecular formula is C38H95NO7Si7. The van der Waals surface area contributed by atoms with E-state index in [1.807, 2.05) is 0 Å². The number of amides is 1. The van der Waals surface area contributed by atoms with Gasteiger partial charge in [-0.3, -0.25) is 4.79 Å². The minimum atomic E-state index is -2.52. The van der Waals surface area contributed by atoms with Gasteiger partial charge >= 0.3 is 8.56 Å². The molecule has 0 aromatic rings. The molecule has 0 aliphatic heterocycles. The third-order valence-electron chi connectivity index (χ3n) is 9.13. The Bertz CT molecular complexity index is 857. The summed E-state index contributed by atoms with van der Waals surface area (Å²) in [5, 5.41) is 3.07. The molecule has 1 amide bonds. The topological polar surface area (TPSA) is 84.5 Å². The lowest BCUT2D eigenvalue weighted by molar-refractivity contribution is -0.126. The summed E-state index contributed by atoms with van der Waals surface area (Å²) in [6.07, 6.45) is 14.1. The number of carbonyl (C=O) groups is 1. The first-order valence-electron chi connectivity index (χ1n) is 20.8. The Kier molecular flexibility index (Phi) is 33.7. The lowest BCUT2D eigenvalue weighted by Gasteiger charge is -2.42. The van der Waals surface area contributed by atoms with Gasteiger partial charge in [0.1, 0.15) is 6.61 Å². The maximum absolute atomic E-state index is 12.5. The fourth-order valence-electron chi connectivity index (χ4n) is 6.76. The van der Waals surface area contributed by atoms with Crippen LogP contribution in [0.15, 0.2) is 0 Å². The summed E-state index contributed by atoms with van der Waals surface area (Å²) in [4.78, 5) is 12.5. The molecule has 322 valence electrons. The maximum Gasteiger partial charge on any atom is 0.314 e. The van der Waals surface area contributed by atoms with E-state index in [4.69, 9.17) is 25.9 Å². The van der Waals surface area contributed by atoms with E-state index in [0.29, 0.717) is 19.8 Å². The van der Waals surface area contributed by atoms with Crippen molar-refractivity contribution in [3.05, 3.63) is 0 Å².